The number of allylic oxidation sites excluding steroid dienone is 1. The standard InChI is InChI=1S/C15H22O5/c1-4-13(19-9-10(2)3)20-15(18)12-8-6-5-7-11(12)14(16)17/h7,12-13H,2,4-6,8-9H2,1,3H3,(H,16,17). The molecule has 5 nitrogen and oxygen atoms in total. The van der Waals surface area contributed by atoms with Crippen LogP contribution in [0.25, 0.3) is 0 Å². The van der Waals surface area contributed by atoms with Crippen LogP contribution in [-0.4, -0.2) is 29.9 Å². The zero-order chi connectivity index (χ0) is 15.1. The summed E-state index contributed by atoms with van der Waals surface area (Å²) in [6, 6.07) is 0. The molecule has 0 aliphatic heterocycles. The van der Waals surface area contributed by atoms with Gasteiger partial charge < -0.3 is 14.6 Å². The number of carboxylic acids is 1. The van der Waals surface area contributed by atoms with Gasteiger partial charge in [-0.3, -0.25) is 4.79 Å². The van der Waals surface area contributed by atoms with Gasteiger partial charge in [0, 0.05) is 12.0 Å². The maximum absolute atomic E-state index is 12.1. The lowest BCUT2D eigenvalue weighted by molar-refractivity contribution is -0.182. The van der Waals surface area contributed by atoms with Crippen LogP contribution in [0.5, 0.6) is 0 Å². The first-order valence-corrected chi connectivity index (χ1v) is 6.85. The number of esters is 1. The number of hydrogen-bond acceptors (Lipinski definition) is 4. The highest BCUT2D eigenvalue weighted by Gasteiger charge is 2.32. The van der Waals surface area contributed by atoms with Crippen molar-refractivity contribution in [3.63, 3.8) is 0 Å². The second-order valence-electron chi connectivity index (χ2n) is 4.99. The van der Waals surface area contributed by atoms with Crippen LogP contribution in [0.15, 0.2) is 23.8 Å². The summed E-state index contributed by atoms with van der Waals surface area (Å²) < 4.78 is 10.7. The molecular formula is C15H22O5. The first-order chi connectivity index (χ1) is 9.45. The van der Waals surface area contributed by atoms with Crippen LogP contribution in [-0.2, 0) is 19.1 Å². The molecule has 0 aromatic carbocycles. The average Bonchev–Trinajstić information content (AvgIpc) is 2.42. The second-order valence-corrected chi connectivity index (χ2v) is 4.99. The Hall–Kier alpha value is -1.62. The van der Waals surface area contributed by atoms with Crippen molar-refractivity contribution in [3.05, 3.63) is 23.8 Å². The van der Waals surface area contributed by atoms with E-state index in [2.05, 4.69) is 6.58 Å². The third kappa shape index (κ3) is 4.81. The summed E-state index contributed by atoms with van der Waals surface area (Å²) in [5.41, 5.74) is 0.972. The van der Waals surface area contributed by atoms with Crippen LogP contribution >= 0.6 is 0 Å². The molecule has 0 spiro atoms. The van der Waals surface area contributed by atoms with Crippen molar-refractivity contribution < 1.29 is 24.2 Å². The van der Waals surface area contributed by atoms with Crippen molar-refractivity contribution in [1.29, 1.82) is 0 Å². The maximum atomic E-state index is 12.1. The minimum absolute atomic E-state index is 0.135. The molecule has 0 radical (unpaired) electrons. The van der Waals surface area contributed by atoms with E-state index in [4.69, 9.17) is 14.6 Å². The average molecular weight is 282 g/mol. The fourth-order valence-electron chi connectivity index (χ4n) is 2.04. The number of carbonyl (C=O) groups excluding carboxylic acids is 1. The number of ether oxygens (including phenoxy) is 2. The fourth-order valence-corrected chi connectivity index (χ4v) is 2.04. The van der Waals surface area contributed by atoms with Gasteiger partial charge in [0.1, 0.15) is 0 Å². The lowest BCUT2D eigenvalue weighted by atomic mass is 9.88. The minimum atomic E-state index is -1.05. The molecule has 2 atom stereocenters. The number of aliphatic carboxylic acids is 1. The predicted octanol–water partition coefficient (Wildman–Crippen LogP) is 2.67. The summed E-state index contributed by atoms with van der Waals surface area (Å²) in [5, 5.41) is 9.11. The van der Waals surface area contributed by atoms with Crippen LogP contribution < -0.4 is 0 Å². The Labute approximate surface area is 119 Å². The summed E-state index contributed by atoms with van der Waals surface area (Å²) >= 11 is 0. The van der Waals surface area contributed by atoms with Crippen molar-refractivity contribution in [2.45, 2.75) is 45.8 Å². The van der Waals surface area contributed by atoms with Crippen LogP contribution in [0.4, 0.5) is 0 Å². The Balaban J connectivity index is 2.63. The summed E-state index contributed by atoms with van der Waals surface area (Å²) in [4.78, 5) is 23.2. The Bertz CT molecular complexity index is 410. The van der Waals surface area contributed by atoms with E-state index in [-0.39, 0.29) is 5.57 Å². The van der Waals surface area contributed by atoms with Crippen molar-refractivity contribution in [3.8, 4) is 0 Å². The zero-order valence-corrected chi connectivity index (χ0v) is 12.1. The SMILES string of the molecule is C=C(C)COC(CC)OC(=O)C1CCCC=C1C(=O)O. The molecular weight excluding hydrogens is 260 g/mol. The van der Waals surface area contributed by atoms with Gasteiger partial charge in [-0.25, -0.2) is 4.79 Å². The number of carboxylic acid groups (broad SMARTS) is 1. The first kappa shape index (κ1) is 16.4. The molecule has 2 unspecified atom stereocenters. The Morgan fingerprint density at radius 2 is 2.25 bits per heavy atom. The third-order valence-electron chi connectivity index (χ3n) is 3.06. The fraction of sp³-hybridized carbons (Fsp3) is 0.600. The van der Waals surface area contributed by atoms with E-state index < -0.39 is 24.1 Å². The number of rotatable bonds is 7. The van der Waals surface area contributed by atoms with Crippen LogP contribution in [0.2, 0.25) is 0 Å². The van der Waals surface area contributed by atoms with Crippen LogP contribution in [0.3, 0.4) is 0 Å². The predicted molar refractivity (Wildman–Crippen MR) is 74.0 cm³/mol. The number of carbonyl (C=O) groups is 2. The topological polar surface area (TPSA) is 72.8 Å². The van der Waals surface area contributed by atoms with Gasteiger partial charge in [0.25, 0.3) is 0 Å². The molecule has 0 saturated carbocycles. The smallest absolute Gasteiger partial charge is 0.332 e. The molecule has 5 heteroatoms. The Morgan fingerprint density at radius 1 is 1.55 bits per heavy atom. The van der Waals surface area contributed by atoms with Gasteiger partial charge in [-0.2, -0.15) is 0 Å². The Kier molecular flexibility index (Phi) is 6.45. The molecule has 1 aliphatic carbocycles. The first-order valence-electron chi connectivity index (χ1n) is 6.85. The highest BCUT2D eigenvalue weighted by molar-refractivity contribution is 5.94. The lowest BCUT2D eigenvalue weighted by Gasteiger charge is -2.23. The molecule has 0 aromatic rings. The highest BCUT2D eigenvalue weighted by atomic mass is 16.7. The highest BCUT2D eigenvalue weighted by Crippen LogP contribution is 2.27. The van der Waals surface area contributed by atoms with E-state index in [1.807, 2.05) is 13.8 Å². The summed E-state index contributed by atoms with van der Waals surface area (Å²) in [5.74, 6) is -2.27. The summed E-state index contributed by atoms with van der Waals surface area (Å²) in [6.07, 6.45) is 3.45. The molecule has 0 fully saturated rings. The normalized spacial score (nSPS) is 19.9. The van der Waals surface area contributed by atoms with Crippen molar-refractivity contribution in [2.75, 3.05) is 6.61 Å². The lowest BCUT2D eigenvalue weighted by Crippen LogP contribution is -2.30. The monoisotopic (exact) mass is 282 g/mol. The van der Waals surface area contributed by atoms with Gasteiger partial charge in [0.15, 0.2) is 0 Å². The summed E-state index contributed by atoms with van der Waals surface area (Å²) in [6.45, 7) is 7.69. The molecule has 1 rings (SSSR count). The molecule has 0 aromatic heterocycles. The van der Waals surface area contributed by atoms with E-state index >= 15 is 0 Å². The summed E-state index contributed by atoms with van der Waals surface area (Å²) in [7, 11) is 0. The van der Waals surface area contributed by atoms with Gasteiger partial charge in [-0.15, -0.1) is 0 Å². The zero-order valence-electron chi connectivity index (χ0n) is 12.1. The van der Waals surface area contributed by atoms with Crippen molar-refractivity contribution in [1.82, 2.24) is 0 Å². The van der Waals surface area contributed by atoms with E-state index in [0.29, 0.717) is 25.9 Å². The van der Waals surface area contributed by atoms with E-state index in [1.165, 1.54) is 0 Å². The molecule has 112 valence electrons. The number of hydrogen-bond donors (Lipinski definition) is 1. The van der Waals surface area contributed by atoms with Gasteiger partial charge in [0.05, 0.1) is 12.5 Å². The van der Waals surface area contributed by atoms with Crippen LogP contribution in [0.1, 0.15) is 39.5 Å². The molecule has 0 bridgehead atoms. The molecule has 1 N–H and O–H groups in total. The molecule has 0 saturated heterocycles. The molecule has 20 heavy (non-hydrogen) atoms. The molecule has 0 heterocycles. The van der Waals surface area contributed by atoms with Gasteiger partial charge in [0.2, 0.25) is 6.29 Å². The van der Waals surface area contributed by atoms with Gasteiger partial charge in [-0.05, 0) is 26.2 Å². The maximum Gasteiger partial charge on any atom is 0.332 e. The largest absolute Gasteiger partial charge is 0.478 e. The Morgan fingerprint density at radius 3 is 2.80 bits per heavy atom. The van der Waals surface area contributed by atoms with E-state index in [0.717, 1.165) is 12.0 Å². The van der Waals surface area contributed by atoms with Gasteiger partial charge >= 0.3 is 11.9 Å². The molecule has 1 aliphatic rings. The van der Waals surface area contributed by atoms with Crippen LogP contribution in [0, 0.1) is 5.92 Å². The van der Waals surface area contributed by atoms with Crippen molar-refractivity contribution >= 4 is 11.9 Å². The third-order valence-corrected chi connectivity index (χ3v) is 3.06. The van der Waals surface area contributed by atoms with E-state index in [9.17, 15) is 9.59 Å². The second kappa shape index (κ2) is 7.85. The van der Waals surface area contributed by atoms with E-state index in [1.54, 1.807) is 6.08 Å². The van der Waals surface area contributed by atoms with Crippen molar-refractivity contribution in [2.24, 2.45) is 5.92 Å². The minimum Gasteiger partial charge on any atom is -0.478 e. The quantitative estimate of drug-likeness (QED) is 0.441. The van der Waals surface area contributed by atoms with Gasteiger partial charge in [-0.1, -0.05) is 25.2 Å². The molecule has 0 amide bonds.